The number of anilines is 1. The van der Waals surface area contributed by atoms with Gasteiger partial charge in [0.15, 0.2) is 12.4 Å². The van der Waals surface area contributed by atoms with Gasteiger partial charge in [-0.25, -0.2) is 0 Å². The minimum Gasteiger partial charge on any atom is -0.455 e. The van der Waals surface area contributed by atoms with Crippen LogP contribution in [-0.2, 0) is 20.5 Å². The van der Waals surface area contributed by atoms with Crippen LogP contribution < -0.4 is 5.32 Å². The highest BCUT2D eigenvalue weighted by molar-refractivity contribution is 6.33. The molecule has 2 fully saturated rings. The number of alkyl halides is 3. The normalized spacial score (nSPS) is 23.9. The van der Waals surface area contributed by atoms with Crippen molar-refractivity contribution in [3.05, 3.63) is 64.7 Å². The van der Waals surface area contributed by atoms with Gasteiger partial charge in [0, 0.05) is 11.5 Å². The molecule has 0 heterocycles. The number of benzene rings is 2. The molecule has 1 N–H and O–H groups in total. The molecular formula is C24H21ClF3NO4. The number of ketones is 1. The van der Waals surface area contributed by atoms with E-state index in [-0.39, 0.29) is 28.3 Å². The molecule has 2 saturated carbocycles. The highest BCUT2D eigenvalue weighted by Crippen LogP contribution is 2.53. The largest absolute Gasteiger partial charge is 0.455 e. The Morgan fingerprint density at radius 3 is 2.33 bits per heavy atom. The van der Waals surface area contributed by atoms with Crippen molar-refractivity contribution >= 4 is 34.9 Å². The molecule has 4 atom stereocenters. The van der Waals surface area contributed by atoms with Gasteiger partial charge in [-0.3, -0.25) is 14.4 Å². The van der Waals surface area contributed by atoms with Gasteiger partial charge in [-0.2, -0.15) is 13.2 Å². The summed E-state index contributed by atoms with van der Waals surface area (Å²) in [6.07, 6.45) is -2.16. The number of halogens is 4. The van der Waals surface area contributed by atoms with Gasteiger partial charge < -0.3 is 10.1 Å². The Kier molecular flexibility index (Phi) is 6.47. The molecule has 5 nitrogen and oxygen atoms in total. The number of hydrogen-bond acceptors (Lipinski definition) is 4. The van der Waals surface area contributed by atoms with Crippen LogP contribution in [0.1, 0.15) is 35.2 Å². The molecule has 0 aromatic heterocycles. The molecule has 174 valence electrons. The molecule has 0 saturated heterocycles. The number of Topliss-reactive ketones (excluding diaryl/α,β-unsaturated/α-hetero) is 1. The molecule has 33 heavy (non-hydrogen) atoms. The van der Waals surface area contributed by atoms with Gasteiger partial charge in [0.2, 0.25) is 0 Å². The second-order valence-corrected chi connectivity index (χ2v) is 8.87. The topological polar surface area (TPSA) is 72.5 Å². The number of ether oxygens (including phenoxy) is 1. The third-order valence-electron chi connectivity index (χ3n) is 6.46. The summed E-state index contributed by atoms with van der Waals surface area (Å²) < 4.78 is 43.9. The molecule has 2 aliphatic rings. The minimum atomic E-state index is -4.60. The second kappa shape index (κ2) is 9.17. The smallest absolute Gasteiger partial charge is 0.416 e. The molecule has 9 heteroatoms. The zero-order valence-electron chi connectivity index (χ0n) is 17.4. The van der Waals surface area contributed by atoms with Gasteiger partial charge in [0.1, 0.15) is 0 Å². The molecule has 2 aromatic rings. The molecular weight excluding hydrogens is 459 g/mol. The number of rotatable bonds is 6. The molecule has 2 aliphatic carbocycles. The Morgan fingerprint density at radius 2 is 1.67 bits per heavy atom. The molecule has 4 rings (SSSR count). The molecule has 0 spiro atoms. The zero-order valence-corrected chi connectivity index (χ0v) is 18.2. The number of fused-ring (bicyclic) bond motifs is 2. The Bertz CT molecular complexity index is 1070. The summed E-state index contributed by atoms with van der Waals surface area (Å²) in [5.41, 5.74) is -0.669. The number of hydrogen-bond donors (Lipinski definition) is 1. The monoisotopic (exact) mass is 479 g/mol. The second-order valence-electron chi connectivity index (χ2n) is 8.46. The van der Waals surface area contributed by atoms with Gasteiger partial charge in [-0.1, -0.05) is 41.9 Å². The van der Waals surface area contributed by atoms with Crippen molar-refractivity contribution in [1.29, 1.82) is 0 Å². The first-order valence-electron chi connectivity index (χ1n) is 10.6. The fourth-order valence-corrected chi connectivity index (χ4v) is 5.18. The van der Waals surface area contributed by atoms with E-state index in [0.717, 1.165) is 31.4 Å². The van der Waals surface area contributed by atoms with Crippen LogP contribution >= 0.6 is 11.6 Å². The number of carbonyl (C=O) groups excluding carboxylic acids is 3. The van der Waals surface area contributed by atoms with Crippen molar-refractivity contribution in [3.63, 3.8) is 0 Å². The Labute approximate surface area is 193 Å². The van der Waals surface area contributed by atoms with Crippen molar-refractivity contribution in [3.8, 4) is 0 Å². The van der Waals surface area contributed by atoms with E-state index >= 15 is 0 Å². The lowest BCUT2D eigenvalue weighted by molar-refractivity contribution is -0.154. The zero-order chi connectivity index (χ0) is 23.8. The number of nitrogens with one attached hydrogen (secondary N) is 1. The van der Waals surface area contributed by atoms with Gasteiger partial charge in [-0.15, -0.1) is 0 Å². The van der Waals surface area contributed by atoms with E-state index < -0.39 is 42.1 Å². The number of carbonyl (C=O) groups is 3. The van der Waals surface area contributed by atoms with Gasteiger partial charge in [0.25, 0.3) is 5.91 Å². The summed E-state index contributed by atoms with van der Waals surface area (Å²) in [6, 6.07) is 11.3. The first-order valence-corrected chi connectivity index (χ1v) is 11.0. The maximum atomic E-state index is 13.1. The van der Waals surface area contributed by atoms with Crippen LogP contribution in [0.25, 0.3) is 0 Å². The van der Waals surface area contributed by atoms with E-state index in [1.54, 1.807) is 30.3 Å². The standard InChI is InChI=1S/C24H21ClF3NO4/c25-17-9-8-16(24(26,27)28)11-18(17)29-19(30)12-33-23(32)21-15-7-6-14(10-15)20(21)22(31)13-4-2-1-3-5-13/h1-5,8-9,11,14-15,20-21H,6-7,10,12H2,(H,29,30)/t14-,15-,20+,21+/m0/s1. The van der Waals surface area contributed by atoms with Crippen molar-refractivity contribution in [2.75, 3.05) is 11.9 Å². The lowest BCUT2D eigenvalue weighted by Gasteiger charge is -2.28. The van der Waals surface area contributed by atoms with Crippen molar-refractivity contribution in [2.24, 2.45) is 23.7 Å². The average Bonchev–Trinajstić information content (AvgIpc) is 3.40. The Hall–Kier alpha value is -2.87. The summed E-state index contributed by atoms with van der Waals surface area (Å²) in [6.45, 7) is -0.689. The third kappa shape index (κ3) is 4.90. The van der Waals surface area contributed by atoms with Crippen LogP contribution in [0.2, 0.25) is 5.02 Å². The Balaban J connectivity index is 1.41. The van der Waals surface area contributed by atoms with Crippen LogP contribution in [0, 0.1) is 23.7 Å². The third-order valence-corrected chi connectivity index (χ3v) is 6.79. The predicted molar refractivity (Wildman–Crippen MR) is 115 cm³/mol. The Morgan fingerprint density at radius 1 is 1.00 bits per heavy atom. The summed E-state index contributed by atoms with van der Waals surface area (Å²) in [4.78, 5) is 38.2. The number of amides is 1. The maximum absolute atomic E-state index is 13.1. The summed E-state index contributed by atoms with van der Waals surface area (Å²) in [5, 5.41) is 2.17. The van der Waals surface area contributed by atoms with Gasteiger partial charge in [0.05, 0.1) is 22.2 Å². The quantitative estimate of drug-likeness (QED) is 0.445. The SMILES string of the molecule is O=C(COC(=O)[C@@H]1[C@H]2CC[C@@H](C2)[C@H]1C(=O)c1ccccc1)Nc1cc(C(F)(F)F)ccc1Cl. The van der Waals surface area contributed by atoms with Crippen LogP contribution in [0.5, 0.6) is 0 Å². The van der Waals surface area contributed by atoms with Crippen LogP contribution in [0.4, 0.5) is 18.9 Å². The highest BCUT2D eigenvalue weighted by Gasteiger charge is 2.54. The van der Waals surface area contributed by atoms with Crippen LogP contribution in [-0.4, -0.2) is 24.3 Å². The van der Waals surface area contributed by atoms with Crippen LogP contribution in [0.3, 0.4) is 0 Å². The fourth-order valence-electron chi connectivity index (χ4n) is 5.02. The van der Waals surface area contributed by atoms with Crippen molar-refractivity contribution in [1.82, 2.24) is 0 Å². The van der Waals surface area contributed by atoms with E-state index in [4.69, 9.17) is 16.3 Å². The minimum absolute atomic E-state index is 0.0149. The first kappa shape index (κ1) is 23.3. The van der Waals surface area contributed by atoms with Crippen molar-refractivity contribution in [2.45, 2.75) is 25.4 Å². The predicted octanol–water partition coefficient (Wildman–Crippen LogP) is 5.39. The molecule has 0 unspecified atom stereocenters. The first-order chi connectivity index (χ1) is 15.6. The molecule has 0 aliphatic heterocycles. The molecule has 1 amide bonds. The summed E-state index contributed by atoms with van der Waals surface area (Å²) in [7, 11) is 0. The molecule has 2 bridgehead atoms. The fraction of sp³-hybridized carbons (Fsp3) is 0.375. The molecule has 2 aromatic carbocycles. The van der Waals surface area contributed by atoms with Gasteiger partial charge >= 0.3 is 12.1 Å². The lowest BCUT2D eigenvalue weighted by atomic mass is 9.75. The van der Waals surface area contributed by atoms with E-state index in [2.05, 4.69) is 5.32 Å². The molecule has 0 radical (unpaired) electrons. The van der Waals surface area contributed by atoms with E-state index in [0.29, 0.717) is 11.6 Å². The van der Waals surface area contributed by atoms with Crippen molar-refractivity contribution < 1.29 is 32.3 Å². The maximum Gasteiger partial charge on any atom is 0.416 e. The highest BCUT2D eigenvalue weighted by atomic mass is 35.5. The lowest BCUT2D eigenvalue weighted by Crippen LogP contribution is -2.37. The number of esters is 1. The van der Waals surface area contributed by atoms with Crippen LogP contribution in [0.15, 0.2) is 48.5 Å². The summed E-state index contributed by atoms with van der Waals surface area (Å²) >= 11 is 5.88. The van der Waals surface area contributed by atoms with E-state index in [1.807, 2.05) is 0 Å². The van der Waals surface area contributed by atoms with Gasteiger partial charge in [-0.05, 0) is 49.3 Å². The van der Waals surface area contributed by atoms with E-state index in [1.165, 1.54) is 0 Å². The summed E-state index contributed by atoms with van der Waals surface area (Å²) in [5.74, 6) is -2.59. The average molecular weight is 480 g/mol. The van der Waals surface area contributed by atoms with E-state index in [9.17, 15) is 27.6 Å².